The molecule has 96 heavy (non-hydrogen) atoms. The maximum Gasteiger partial charge on any atom is 0.499 e. The van der Waals surface area contributed by atoms with E-state index in [0.29, 0.717) is 77.0 Å². The summed E-state index contributed by atoms with van der Waals surface area (Å²) >= 11 is 19.5. The fraction of sp³-hybridized carbons (Fsp3) is 0.400. The zero-order chi connectivity index (χ0) is 68.9. The second-order valence-corrected chi connectivity index (χ2v) is 26.8. The van der Waals surface area contributed by atoms with Crippen LogP contribution in [0.3, 0.4) is 0 Å². The number of aryl methyl sites for hydroxylation is 2. The van der Waals surface area contributed by atoms with E-state index in [0.717, 1.165) is 16.8 Å². The fourth-order valence-electron chi connectivity index (χ4n) is 12.4. The molecular formula is C70H86BCl3F2N14O6. The van der Waals surface area contributed by atoms with Gasteiger partial charge in [0.05, 0.1) is 66.0 Å². The third-order valence-corrected chi connectivity index (χ3v) is 18.5. The van der Waals surface area contributed by atoms with E-state index in [2.05, 4.69) is 38.1 Å². The molecule has 0 bridgehead atoms. The molecule has 4 N–H and O–H groups in total. The van der Waals surface area contributed by atoms with Crippen LogP contribution in [0, 0.1) is 25.5 Å². The van der Waals surface area contributed by atoms with Crippen LogP contribution in [-0.2, 0) is 18.9 Å². The molecule has 3 saturated heterocycles. The van der Waals surface area contributed by atoms with Crippen LogP contribution in [-0.4, -0.2) is 129 Å². The number of anilines is 4. The number of carbonyl (C=O) groups is 2. The van der Waals surface area contributed by atoms with Crippen LogP contribution in [0.2, 0.25) is 15.2 Å². The van der Waals surface area contributed by atoms with Crippen LogP contribution in [0.5, 0.6) is 0 Å². The molecule has 20 nitrogen and oxygen atoms in total. The van der Waals surface area contributed by atoms with E-state index in [1.807, 2.05) is 119 Å². The largest absolute Gasteiger partial charge is 0.499 e. The Kier molecular flexibility index (Phi) is 23.1. The molecule has 3 aliphatic heterocycles. The number of halogens is 5. The summed E-state index contributed by atoms with van der Waals surface area (Å²) in [5.74, 6) is -0.383. The van der Waals surface area contributed by atoms with Crippen molar-refractivity contribution in [1.29, 1.82) is 0 Å². The van der Waals surface area contributed by atoms with Crippen molar-refractivity contribution in [1.82, 2.24) is 48.8 Å². The smallest absolute Gasteiger partial charge is 0.399 e. The van der Waals surface area contributed by atoms with Gasteiger partial charge >= 0.3 is 18.5 Å². The lowest BCUT2D eigenvalue weighted by atomic mass is 9.77. The lowest BCUT2D eigenvalue weighted by Crippen LogP contribution is -2.58. The van der Waals surface area contributed by atoms with E-state index in [-0.39, 0.29) is 106 Å². The van der Waals surface area contributed by atoms with Gasteiger partial charge in [-0.15, -0.1) is 0 Å². The summed E-state index contributed by atoms with van der Waals surface area (Å²) in [7, 11) is -0.749. The fourth-order valence-corrected chi connectivity index (χ4v) is 13.0. The van der Waals surface area contributed by atoms with Gasteiger partial charge in [-0.2, -0.15) is 9.97 Å². The van der Waals surface area contributed by atoms with Crippen LogP contribution in [0.25, 0.3) is 44.7 Å². The van der Waals surface area contributed by atoms with Crippen molar-refractivity contribution in [2.45, 2.75) is 159 Å². The molecule has 2 aromatic carbocycles. The second kappa shape index (κ2) is 29.6. The zero-order valence-electron chi connectivity index (χ0n) is 55.2. The molecule has 26 heteroatoms. The van der Waals surface area contributed by atoms with Crippen LogP contribution in [0.4, 0.5) is 31.8 Å². The van der Waals surface area contributed by atoms with Gasteiger partial charge in [0.15, 0.2) is 11.3 Å². The Hall–Kier alpha value is -8.35. The minimum Gasteiger partial charge on any atom is -0.399 e. The van der Waals surface area contributed by atoms with Gasteiger partial charge in [-0.05, 0) is 153 Å². The highest BCUT2D eigenvalue weighted by atomic mass is 35.5. The molecule has 3 fully saturated rings. The van der Waals surface area contributed by atoms with Gasteiger partial charge in [0.1, 0.15) is 28.4 Å². The number of nitrogen functional groups attached to an aromatic ring is 2. The number of benzene rings is 2. The molecule has 0 radical (unpaired) electrons. The number of rotatable bonds is 10. The van der Waals surface area contributed by atoms with Gasteiger partial charge in [-0.1, -0.05) is 103 Å². The van der Waals surface area contributed by atoms with Crippen LogP contribution in [0.1, 0.15) is 132 Å². The quantitative estimate of drug-likeness (QED) is 0.0560. The van der Waals surface area contributed by atoms with Crippen molar-refractivity contribution >= 4 is 104 Å². The van der Waals surface area contributed by atoms with Crippen LogP contribution in [0.15, 0.2) is 108 Å². The molecule has 0 aliphatic carbocycles. The lowest BCUT2D eigenvalue weighted by Gasteiger charge is -2.44. The molecule has 0 spiro atoms. The average Bonchev–Trinajstić information content (AvgIpc) is 0.916. The summed E-state index contributed by atoms with van der Waals surface area (Å²) in [6.45, 7) is 36.3. The van der Waals surface area contributed by atoms with Crippen molar-refractivity contribution in [3.8, 4) is 22.6 Å². The van der Waals surface area contributed by atoms with E-state index in [1.165, 1.54) is 39.5 Å². The Morgan fingerprint density at radius 1 is 0.625 bits per heavy atom. The number of hydrogen-bond acceptors (Lipinski definition) is 16. The molecule has 0 saturated carbocycles. The number of piperazine rings is 2. The van der Waals surface area contributed by atoms with E-state index in [4.69, 9.17) is 60.6 Å². The third-order valence-electron chi connectivity index (χ3n) is 17.6. The number of carbonyl (C=O) groups excluding carboxylic acids is 2. The van der Waals surface area contributed by atoms with E-state index < -0.39 is 41.3 Å². The first-order valence-corrected chi connectivity index (χ1v) is 32.0. The highest BCUT2D eigenvalue weighted by Crippen LogP contribution is 2.41. The first kappa shape index (κ1) is 75.0. The normalized spacial score (nSPS) is 18.1. The number of fused-ring (bicyclic) bond motifs is 2. The first-order chi connectivity index (χ1) is 44.2. The number of nitrogens with zero attached hydrogens (tertiary/aromatic N) is 12. The zero-order valence-corrected chi connectivity index (χ0v) is 57.5. The summed E-state index contributed by atoms with van der Waals surface area (Å²) in [5, 5.41) is 1.61. The summed E-state index contributed by atoms with van der Waals surface area (Å²) in [5.41, 5.74) is 15.8. The number of nitrogens with two attached hydrogens (primary N) is 2. The Bertz CT molecular complexity index is 4360. The van der Waals surface area contributed by atoms with Crippen molar-refractivity contribution in [2.75, 3.05) is 47.4 Å². The van der Waals surface area contributed by atoms with Gasteiger partial charge < -0.3 is 40.4 Å². The van der Waals surface area contributed by atoms with Crippen molar-refractivity contribution in [3.05, 3.63) is 169 Å². The minimum atomic E-state index is -0.749. The van der Waals surface area contributed by atoms with Gasteiger partial charge in [0.2, 0.25) is 11.8 Å². The first-order valence-electron chi connectivity index (χ1n) is 30.9. The summed E-state index contributed by atoms with van der Waals surface area (Å²) in [4.78, 5) is 87.6. The number of amides is 2. The molecule has 2 amide bonds. The van der Waals surface area contributed by atoms with Gasteiger partial charge in [-0.25, -0.2) is 37.5 Å². The summed E-state index contributed by atoms with van der Waals surface area (Å²) in [6, 6.07) is 15.3. The SMILES string of the molecule is C.C.C=CC(=O)N1[C@H](C)CN(c2nc(=O)n(-c3c(C)ccnc3C(C)C)c3nc(-c4c(N)cccc4F)c(Cl)cc23)C[C@@H]1C.C=CC(=O)N1[C@H](C)CN(c2nc(=O)n(-c3c(C)ccnc3C(C)C)c3nc(Cl)c(Cl)cc23)C[C@@H]1C.CC1(C)OB(c2c(N)cccc2F)OC1(C)C. The summed E-state index contributed by atoms with van der Waals surface area (Å²) < 4.78 is 43.3. The molecule has 11 rings (SSSR count). The highest BCUT2D eigenvalue weighted by molar-refractivity contribution is 6.64. The second-order valence-electron chi connectivity index (χ2n) is 25.6. The molecule has 6 aromatic heterocycles. The predicted molar refractivity (Wildman–Crippen MR) is 385 cm³/mol. The summed E-state index contributed by atoms with van der Waals surface area (Å²) in [6.07, 6.45) is 6.06. The minimum absolute atomic E-state index is 0. The monoisotopic (exact) mass is 1370 g/mol. The van der Waals surface area contributed by atoms with Crippen molar-refractivity contribution < 1.29 is 27.7 Å². The maximum atomic E-state index is 15.1. The molecule has 8 aromatic rings. The van der Waals surface area contributed by atoms with Gasteiger partial charge in [0, 0.05) is 79.6 Å². The predicted octanol–water partition coefficient (Wildman–Crippen LogP) is 12.8. The molecule has 3 aliphatic rings. The van der Waals surface area contributed by atoms with Gasteiger partial charge in [-0.3, -0.25) is 19.6 Å². The Balaban J connectivity index is 0.000000217. The molecule has 4 atom stereocenters. The third kappa shape index (κ3) is 14.4. The van der Waals surface area contributed by atoms with Gasteiger partial charge in [0.25, 0.3) is 0 Å². The average molecular weight is 1370 g/mol. The molecule has 510 valence electrons. The topological polar surface area (TPSA) is 239 Å². The number of aromatic nitrogens is 8. The molecule has 9 heterocycles. The Morgan fingerprint density at radius 3 is 1.42 bits per heavy atom. The Morgan fingerprint density at radius 2 is 1.02 bits per heavy atom. The van der Waals surface area contributed by atoms with Crippen LogP contribution < -0.4 is 38.1 Å². The Labute approximate surface area is 575 Å². The van der Waals surface area contributed by atoms with E-state index >= 15 is 4.39 Å². The lowest BCUT2D eigenvalue weighted by molar-refractivity contribution is -0.131. The van der Waals surface area contributed by atoms with E-state index in [1.54, 1.807) is 52.5 Å². The number of pyridine rings is 4. The van der Waals surface area contributed by atoms with E-state index in [9.17, 15) is 23.6 Å². The standard InChI is InChI=1S/C31H33ClFN7O2.C25H28Cl2N6O2.C12H17BFNO2.2CH4/c1-7-24(41)39-18(5)14-38(15-19(39)6)29-20-13-21(32)27(25-22(33)9-8-10-23(25)34)36-30(20)40(31(42)37-29)28-17(4)11-12-35-26(28)16(2)3;1-7-19(34)32-15(5)11-31(12-16(32)6)23-17-10-18(26)22(27)29-24(17)33(25(35)30-23)21-14(4)8-9-28-20(21)13(2)3;1-11(2)12(3,4)17-13(16-11)10-8(14)6-5-7-9(10)15;;/h7-13,16,18-19H,1,14-15,34H2,2-6H3;7-10,13,15-16H,1,11-12H2,2-6H3;5-7H,15H2,1-4H3;2*1H4/t18-,19+;15-,16+;;;. The maximum absolute atomic E-state index is 15.1. The van der Waals surface area contributed by atoms with Crippen molar-refractivity contribution in [2.24, 2.45) is 0 Å². The molecule has 0 unspecified atom stereocenters. The van der Waals surface area contributed by atoms with Crippen molar-refractivity contribution in [3.63, 3.8) is 0 Å². The van der Waals surface area contributed by atoms with Crippen LogP contribution >= 0.6 is 34.8 Å². The highest BCUT2D eigenvalue weighted by Gasteiger charge is 2.53. The molecular weight excluding hydrogens is 1290 g/mol. The number of hydrogen-bond donors (Lipinski definition) is 2.